The first kappa shape index (κ1) is 15.9. The van der Waals surface area contributed by atoms with E-state index in [-0.39, 0.29) is 11.7 Å². The highest BCUT2D eigenvalue weighted by Crippen LogP contribution is 2.04. The summed E-state index contributed by atoms with van der Waals surface area (Å²) < 4.78 is 0. The van der Waals surface area contributed by atoms with E-state index in [0.29, 0.717) is 31.7 Å². The van der Waals surface area contributed by atoms with E-state index in [1.54, 1.807) is 12.3 Å². The van der Waals surface area contributed by atoms with Gasteiger partial charge < -0.3 is 21.6 Å². The van der Waals surface area contributed by atoms with E-state index < -0.39 is 0 Å². The van der Waals surface area contributed by atoms with Gasteiger partial charge in [0, 0.05) is 32.3 Å². The Balaban J connectivity index is 2.41. The smallest absolute Gasteiger partial charge is 0.221 e. The van der Waals surface area contributed by atoms with Crippen LogP contribution in [-0.4, -0.2) is 35.0 Å². The third-order valence-electron chi connectivity index (χ3n) is 2.66. The second-order valence-electron chi connectivity index (χ2n) is 4.27. The van der Waals surface area contributed by atoms with Crippen molar-refractivity contribution in [2.75, 3.05) is 13.1 Å². The molecule has 7 heteroatoms. The van der Waals surface area contributed by atoms with E-state index in [9.17, 15) is 4.79 Å². The number of oxime groups is 1. The van der Waals surface area contributed by atoms with Gasteiger partial charge in [0.15, 0.2) is 5.84 Å². The van der Waals surface area contributed by atoms with Crippen LogP contribution in [0, 0.1) is 0 Å². The van der Waals surface area contributed by atoms with Crippen molar-refractivity contribution in [2.45, 2.75) is 26.3 Å². The summed E-state index contributed by atoms with van der Waals surface area (Å²) in [7, 11) is 0. The van der Waals surface area contributed by atoms with Gasteiger partial charge in [0.25, 0.3) is 0 Å². The Kier molecular flexibility index (Phi) is 7.05. The van der Waals surface area contributed by atoms with E-state index in [1.165, 1.54) is 0 Å². The molecule has 0 aliphatic carbocycles. The lowest BCUT2D eigenvalue weighted by Crippen LogP contribution is -2.28. The van der Waals surface area contributed by atoms with E-state index in [1.807, 2.05) is 13.0 Å². The minimum atomic E-state index is -0.0249. The molecule has 1 aromatic heterocycles. The summed E-state index contributed by atoms with van der Waals surface area (Å²) in [5, 5.41) is 17.6. The number of nitrogens with one attached hydrogen (secondary N) is 2. The third-order valence-corrected chi connectivity index (χ3v) is 2.66. The number of pyridine rings is 1. The lowest BCUT2D eigenvalue weighted by Gasteiger charge is -2.08. The zero-order valence-electron chi connectivity index (χ0n) is 11.6. The fourth-order valence-corrected chi connectivity index (χ4v) is 1.64. The molecular weight excluding hydrogens is 258 g/mol. The fraction of sp³-hybridized carbons (Fsp3) is 0.462. The van der Waals surface area contributed by atoms with Crippen LogP contribution in [0.2, 0.25) is 0 Å². The number of amides is 1. The predicted molar refractivity (Wildman–Crippen MR) is 76.4 cm³/mol. The molecule has 110 valence electrons. The molecule has 0 bridgehead atoms. The quantitative estimate of drug-likeness (QED) is 0.178. The molecule has 0 atom stereocenters. The van der Waals surface area contributed by atoms with Crippen molar-refractivity contribution in [3.05, 3.63) is 29.6 Å². The Labute approximate surface area is 118 Å². The molecular formula is C13H21N5O2. The Morgan fingerprint density at radius 2 is 2.30 bits per heavy atom. The van der Waals surface area contributed by atoms with Gasteiger partial charge in [-0.2, -0.15) is 0 Å². The van der Waals surface area contributed by atoms with E-state index >= 15 is 0 Å². The molecule has 0 saturated carbocycles. The summed E-state index contributed by atoms with van der Waals surface area (Å²) in [4.78, 5) is 15.5. The number of hydrogen-bond donors (Lipinski definition) is 4. The number of aromatic nitrogens is 1. The zero-order valence-corrected chi connectivity index (χ0v) is 11.6. The standard InChI is InChI=1S/C13H21N5O2/c1-2-6-16-11(19)5-8-15-9-10-4-3-7-17-12(10)13(14)18-20/h3-4,7,15,20H,2,5-6,8-9H2,1H3,(H2,14,18)(H,16,19). The van der Waals surface area contributed by atoms with Crippen LogP contribution in [0.5, 0.6) is 0 Å². The molecule has 0 saturated heterocycles. The van der Waals surface area contributed by atoms with Gasteiger partial charge in [-0.1, -0.05) is 18.1 Å². The van der Waals surface area contributed by atoms with Crippen molar-refractivity contribution in [1.29, 1.82) is 0 Å². The number of hydrogen-bond acceptors (Lipinski definition) is 5. The highest BCUT2D eigenvalue weighted by Gasteiger charge is 2.07. The van der Waals surface area contributed by atoms with E-state index in [0.717, 1.165) is 12.0 Å². The van der Waals surface area contributed by atoms with Crippen molar-refractivity contribution >= 4 is 11.7 Å². The maximum absolute atomic E-state index is 11.4. The molecule has 5 N–H and O–H groups in total. The highest BCUT2D eigenvalue weighted by molar-refractivity contribution is 5.96. The third kappa shape index (κ3) is 5.23. The number of carbonyl (C=O) groups excluding carboxylic acids is 1. The maximum atomic E-state index is 11.4. The van der Waals surface area contributed by atoms with Gasteiger partial charge in [-0.15, -0.1) is 0 Å². The van der Waals surface area contributed by atoms with Crippen LogP contribution < -0.4 is 16.4 Å². The van der Waals surface area contributed by atoms with Crippen molar-refractivity contribution in [3.63, 3.8) is 0 Å². The van der Waals surface area contributed by atoms with E-state index in [2.05, 4.69) is 20.8 Å². The first-order chi connectivity index (χ1) is 9.69. The molecule has 0 fully saturated rings. The Hall–Kier alpha value is -2.15. The van der Waals surface area contributed by atoms with Crippen LogP contribution in [0.4, 0.5) is 0 Å². The van der Waals surface area contributed by atoms with Crippen LogP contribution in [0.25, 0.3) is 0 Å². The maximum Gasteiger partial charge on any atom is 0.221 e. The van der Waals surface area contributed by atoms with Gasteiger partial charge in [0.05, 0.1) is 0 Å². The molecule has 0 unspecified atom stereocenters. The normalized spacial score (nSPS) is 11.3. The molecule has 1 amide bonds. The molecule has 1 rings (SSSR count). The average Bonchev–Trinajstić information content (AvgIpc) is 2.49. The molecule has 7 nitrogen and oxygen atoms in total. The molecule has 1 heterocycles. The van der Waals surface area contributed by atoms with Crippen molar-refractivity contribution in [1.82, 2.24) is 15.6 Å². The number of amidine groups is 1. The summed E-state index contributed by atoms with van der Waals surface area (Å²) >= 11 is 0. The minimum Gasteiger partial charge on any atom is -0.409 e. The van der Waals surface area contributed by atoms with Gasteiger partial charge in [-0.25, -0.2) is 0 Å². The lowest BCUT2D eigenvalue weighted by atomic mass is 10.2. The van der Waals surface area contributed by atoms with Crippen molar-refractivity contribution in [3.8, 4) is 0 Å². The average molecular weight is 279 g/mol. The monoisotopic (exact) mass is 279 g/mol. The van der Waals surface area contributed by atoms with Crippen LogP contribution in [0.15, 0.2) is 23.5 Å². The second kappa shape index (κ2) is 8.87. The van der Waals surface area contributed by atoms with Crippen LogP contribution >= 0.6 is 0 Å². The highest BCUT2D eigenvalue weighted by atomic mass is 16.4. The van der Waals surface area contributed by atoms with Gasteiger partial charge in [-0.05, 0) is 18.1 Å². The number of nitrogens with zero attached hydrogens (tertiary/aromatic N) is 2. The zero-order chi connectivity index (χ0) is 14.8. The summed E-state index contributed by atoms with van der Waals surface area (Å²) in [5.74, 6) is 0.00489. The van der Waals surface area contributed by atoms with Gasteiger partial charge in [0.1, 0.15) is 5.69 Å². The van der Waals surface area contributed by atoms with Crippen LogP contribution in [0.3, 0.4) is 0 Å². The van der Waals surface area contributed by atoms with Crippen molar-refractivity contribution < 1.29 is 10.0 Å². The van der Waals surface area contributed by atoms with E-state index in [4.69, 9.17) is 10.9 Å². The van der Waals surface area contributed by atoms with Crippen LogP contribution in [-0.2, 0) is 11.3 Å². The number of carbonyl (C=O) groups is 1. The fourth-order valence-electron chi connectivity index (χ4n) is 1.64. The van der Waals surface area contributed by atoms with Gasteiger partial charge >= 0.3 is 0 Å². The number of rotatable bonds is 8. The second-order valence-corrected chi connectivity index (χ2v) is 4.27. The Morgan fingerprint density at radius 3 is 3.00 bits per heavy atom. The molecule has 0 spiro atoms. The molecule has 0 aliphatic heterocycles. The first-order valence-electron chi connectivity index (χ1n) is 6.58. The molecule has 0 aromatic carbocycles. The lowest BCUT2D eigenvalue weighted by molar-refractivity contribution is -0.120. The largest absolute Gasteiger partial charge is 0.409 e. The first-order valence-corrected chi connectivity index (χ1v) is 6.58. The SMILES string of the molecule is CCCNC(=O)CCNCc1cccnc1C(N)=NO. The molecule has 20 heavy (non-hydrogen) atoms. The Bertz CT molecular complexity index is 462. The molecule has 1 aromatic rings. The van der Waals surface area contributed by atoms with Crippen LogP contribution in [0.1, 0.15) is 31.0 Å². The minimum absolute atomic E-state index is 0.0249. The predicted octanol–water partition coefficient (Wildman–Crippen LogP) is 0.182. The summed E-state index contributed by atoms with van der Waals surface area (Å²) in [6.45, 7) is 3.77. The Morgan fingerprint density at radius 1 is 1.50 bits per heavy atom. The molecule has 0 radical (unpaired) electrons. The molecule has 0 aliphatic rings. The summed E-state index contributed by atoms with van der Waals surface area (Å²) in [6.07, 6.45) is 2.92. The summed E-state index contributed by atoms with van der Waals surface area (Å²) in [5.41, 5.74) is 6.81. The van der Waals surface area contributed by atoms with Crippen molar-refractivity contribution in [2.24, 2.45) is 10.9 Å². The topological polar surface area (TPSA) is 113 Å². The summed E-state index contributed by atoms with van der Waals surface area (Å²) in [6, 6.07) is 3.61. The van der Waals surface area contributed by atoms with Gasteiger partial charge in [-0.3, -0.25) is 9.78 Å². The number of nitrogens with two attached hydrogens (primary N) is 1. The van der Waals surface area contributed by atoms with Gasteiger partial charge in [0.2, 0.25) is 5.91 Å².